The van der Waals surface area contributed by atoms with E-state index >= 15 is 0 Å². The van der Waals surface area contributed by atoms with Crippen molar-refractivity contribution in [2.24, 2.45) is 17.8 Å². The summed E-state index contributed by atoms with van der Waals surface area (Å²) in [6, 6.07) is 8.49. The highest BCUT2D eigenvalue weighted by Crippen LogP contribution is 2.49. The van der Waals surface area contributed by atoms with Gasteiger partial charge in [-0.1, -0.05) is 41.9 Å². The maximum atomic E-state index is 12.6. The van der Waals surface area contributed by atoms with Crippen LogP contribution in [0.4, 0.5) is 0 Å². The molecule has 2 aliphatic carbocycles. The van der Waals surface area contributed by atoms with Gasteiger partial charge in [0.2, 0.25) is 5.91 Å². The summed E-state index contributed by atoms with van der Waals surface area (Å²) in [5.41, 5.74) is 2.21. The molecule has 4 atom stereocenters. The number of aryl methyl sites for hydroxylation is 1. The zero-order chi connectivity index (χ0) is 21.1. The lowest BCUT2D eigenvalue weighted by atomic mass is 9.84. The Morgan fingerprint density at radius 2 is 2.20 bits per heavy atom. The van der Waals surface area contributed by atoms with Gasteiger partial charge in [0, 0.05) is 18.7 Å². The zero-order valence-electron chi connectivity index (χ0n) is 18.1. The third-order valence-corrected chi connectivity index (χ3v) is 7.63. The summed E-state index contributed by atoms with van der Waals surface area (Å²) in [5, 5.41) is 12.8. The summed E-state index contributed by atoms with van der Waals surface area (Å²) in [6.45, 7) is 5.46. The Hall–Kier alpha value is -1.86. The number of carbonyl (C=O) groups is 1. The fraction of sp³-hybridized carbons (Fsp3) is 0.609. The van der Waals surface area contributed by atoms with Gasteiger partial charge in [-0.3, -0.25) is 9.36 Å². The largest absolute Gasteiger partial charge is 0.383 e. The van der Waals surface area contributed by atoms with Crippen LogP contribution in [0.2, 0.25) is 0 Å². The number of thioether (sulfide) groups is 1. The van der Waals surface area contributed by atoms with Gasteiger partial charge in [0.1, 0.15) is 0 Å². The molecule has 30 heavy (non-hydrogen) atoms. The van der Waals surface area contributed by atoms with Crippen LogP contribution in [0, 0.1) is 24.7 Å². The van der Waals surface area contributed by atoms with Crippen LogP contribution in [0.3, 0.4) is 0 Å². The SMILES string of the molecule is COCCn1c(SCC(=O)NC(C)C2CC3CCC2C3)nnc1-c1cccc(C)c1. The van der Waals surface area contributed by atoms with Gasteiger partial charge in [0.25, 0.3) is 0 Å². The van der Waals surface area contributed by atoms with Crippen LogP contribution in [0.1, 0.15) is 38.2 Å². The Morgan fingerprint density at radius 3 is 2.90 bits per heavy atom. The maximum Gasteiger partial charge on any atom is 0.230 e. The second-order valence-corrected chi connectivity index (χ2v) is 9.75. The first-order valence-electron chi connectivity index (χ1n) is 11.0. The lowest BCUT2D eigenvalue weighted by Gasteiger charge is -2.28. The van der Waals surface area contributed by atoms with E-state index < -0.39 is 0 Å². The Morgan fingerprint density at radius 1 is 1.33 bits per heavy atom. The van der Waals surface area contributed by atoms with Crippen molar-refractivity contribution in [2.75, 3.05) is 19.5 Å². The van der Waals surface area contributed by atoms with Crippen molar-refractivity contribution in [1.29, 1.82) is 0 Å². The number of hydrogen-bond donors (Lipinski definition) is 1. The van der Waals surface area contributed by atoms with Crippen LogP contribution in [0.5, 0.6) is 0 Å². The Bertz CT molecular complexity index is 884. The lowest BCUT2D eigenvalue weighted by molar-refractivity contribution is -0.119. The fourth-order valence-corrected chi connectivity index (χ4v) is 5.99. The highest BCUT2D eigenvalue weighted by atomic mass is 32.2. The standard InChI is InChI=1S/C23H32N4O2S/c1-15-5-4-6-19(11-15)22-25-26-23(27(22)9-10-29-3)30-14-21(28)24-16(2)20-13-17-7-8-18(20)12-17/h4-6,11,16-18,20H,7-10,12-14H2,1-3H3,(H,24,28). The van der Waals surface area contributed by atoms with Gasteiger partial charge in [0.15, 0.2) is 11.0 Å². The molecule has 2 fully saturated rings. The van der Waals surface area contributed by atoms with E-state index in [1.54, 1.807) is 7.11 Å². The molecule has 1 N–H and O–H groups in total. The molecule has 1 heterocycles. The molecular weight excluding hydrogens is 396 g/mol. The molecule has 1 aromatic heterocycles. The van der Waals surface area contributed by atoms with Gasteiger partial charge < -0.3 is 10.1 Å². The van der Waals surface area contributed by atoms with Gasteiger partial charge in [-0.05, 0) is 56.9 Å². The molecule has 2 saturated carbocycles. The van der Waals surface area contributed by atoms with Crippen molar-refractivity contribution in [3.63, 3.8) is 0 Å². The van der Waals surface area contributed by atoms with Crippen molar-refractivity contribution < 1.29 is 9.53 Å². The number of carbonyl (C=O) groups excluding carboxylic acids is 1. The Labute approximate surface area is 183 Å². The molecule has 1 amide bonds. The monoisotopic (exact) mass is 428 g/mol. The number of methoxy groups -OCH3 is 1. The topological polar surface area (TPSA) is 69.0 Å². The number of rotatable bonds is 9. The minimum atomic E-state index is 0.0775. The minimum Gasteiger partial charge on any atom is -0.383 e. The van der Waals surface area contributed by atoms with E-state index in [0.717, 1.165) is 28.4 Å². The number of amides is 1. The van der Waals surface area contributed by atoms with E-state index in [4.69, 9.17) is 4.74 Å². The average Bonchev–Trinajstić information content (AvgIpc) is 3.46. The molecule has 0 spiro atoms. The van der Waals surface area contributed by atoms with Crippen molar-refractivity contribution in [3.05, 3.63) is 29.8 Å². The zero-order valence-corrected chi connectivity index (χ0v) is 19.0. The lowest BCUT2D eigenvalue weighted by Crippen LogP contribution is -2.40. The molecule has 4 unspecified atom stereocenters. The number of ether oxygens (including phenoxy) is 1. The normalized spacial score (nSPS) is 23.6. The molecule has 1 aromatic carbocycles. The summed E-state index contributed by atoms with van der Waals surface area (Å²) >= 11 is 1.45. The van der Waals surface area contributed by atoms with Gasteiger partial charge in [0.05, 0.1) is 18.9 Å². The van der Waals surface area contributed by atoms with E-state index in [-0.39, 0.29) is 11.9 Å². The Balaban J connectivity index is 1.39. The fourth-order valence-electron chi connectivity index (χ4n) is 5.22. The number of nitrogens with one attached hydrogen (secondary N) is 1. The highest BCUT2D eigenvalue weighted by molar-refractivity contribution is 7.99. The first-order valence-corrected chi connectivity index (χ1v) is 11.9. The number of hydrogen-bond acceptors (Lipinski definition) is 5. The van der Waals surface area contributed by atoms with Crippen molar-refractivity contribution in [2.45, 2.75) is 57.3 Å². The average molecular weight is 429 g/mol. The van der Waals surface area contributed by atoms with Gasteiger partial charge >= 0.3 is 0 Å². The molecule has 2 aromatic rings. The first kappa shape index (κ1) is 21.4. The second-order valence-electron chi connectivity index (χ2n) is 8.80. The molecule has 7 heteroatoms. The molecular formula is C23H32N4O2S. The summed E-state index contributed by atoms with van der Waals surface area (Å²) in [5.74, 6) is 3.60. The summed E-state index contributed by atoms with van der Waals surface area (Å²) in [6.07, 6.45) is 5.38. The van der Waals surface area contributed by atoms with Crippen molar-refractivity contribution in [3.8, 4) is 11.4 Å². The van der Waals surface area contributed by atoms with Gasteiger partial charge in [-0.15, -0.1) is 10.2 Å². The van der Waals surface area contributed by atoms with Crippen LogP contribution in [0.25, 0.3) is 11.4 Å². The summed E-state index contributed by atoms with van der Waals surface area (Å²) in [4.78, 5) is 12.6. The van der Waals surface area contributed by atoms with E-state index in [9.17, 15) is 4.79 Å². The minimum absolute atomic E-state index is 0.0775. The molecule has 0 radical (unpaired) electrons. The molecule has 0 aliphatic heterocycles. The number of benzene rings is 1. The van der Waals surface area contributed by atoms with Gasteiger partial charge in [-0.2, -0.15) is 0 Å². The smallest absolute Gasteiger partial charge is 0.230 e. The number of aromatic nitrogens is 3. The maximum absolute atomic E-state index is 12.6. The quantitative estimate of drug-likeness (QED) is 0.613. The molecule has 162 valence electrons. The number of fused-ring (bicyclic) bond motifs is 2. The predicted octanol–water partition coefficient (Wildman–Crippen LogP) is 3.93. The second kappa shape index (κ2) is 9.52. The number of nitrogens with zero attached hydrogens (tertiary/aromatic N) is 3. The molecule has 6 nitrogen and oxygen atoms in total. The summed E-state index contributed by atoms with van der Waals surface area (Å²) in [7, 11) is 1.69. The van der Waals surface area contributed by atoms with E-state index in [2.05, 4.69) is 46.1 Å². The predicted molar refractivity (Wildman–Crippen MR) is 119 cm³/mol. The molecule has 2 bridgehead atoms. The van der Waals surface area contributed by atoms with E-state index in [1.807, 2.05) is 12.1 Å². The van der Waals surface area contributed by atoms with Crippen LogP contribution < -0.4 is 5.32 Å². The van der Waals surface area contributed by atoms with Crippen molar-refractivity contribution >= 4 is 17.7 Å². The van der Waals surface area contributed by atoms with Gasteiger partial charge in [-0.25, -0.2) is 0 Å². The van der Waals surface area contributed by atoms with Crippen LogP contribution >= 0.6 is 11.8 Å². The summed E-state index contributed by atoms with van der Waals surface area (Å²) < 4.78 is 7.33. The first-order chi connectivity index (χ1) is 14.5. The van der Waals surface area contributed by atoms with Crippen LogP contribution in [-0.2, 0) is 16.1 Å². The Kier molecular flexibility index (Phi) is 6.78. The van der Waals surface area contributed by atoms with Crippen LogP contribution in [-0.4, -0.2) is 46.2 Å². The van der Waals surface area contributed by atoms with E-state index in [1.165, 1.54) is 43.0 Å². The van der Waals surface area contributed by atoms with Crippen LogP contribution in [0.15, 0.2) is 29.4 Å². The van der Waals surface area contributed by atoms with Crippen molar-refractivity contribution in [1.82, 2.24) is 20.1 Å². The molecule has 2 aliphatic rings. The molecule has 0 saturated heterocycles. The molecule has 4 rings (SSSR count). The third-order valence-electron chi connectivity index (χ3n) is 6.67. The third kappa shape index (κ3) is 4.72. The highest BCUT2D eigenvalue weighted by Gasteiger charge is 2.42. The van der Waals surface area contributed by atoms with E-state index in [0.29, 0.717) is 24.8 Å².